The Morgan fingerprint density at radius 2 is 1.90 bits per heavy atom. The topological polar surface area (TPSA) is 19.4 Å². The first-order valence-corrected chi connectivity index (χ1v) is 8.62. The summed E-state index contributed by atoms with van der Waals surface area (Å²) in [7, 11) is 0. The van der Waals surface area contributed by atoms with Crippen LogP contribution in [0.15, 0.2) is 16.7 Å². The molecule has 0 atom stereocenters. The minimum atomic E-state index is 0.882. The maximum atomic E-state index is 4.56. The van der Waals surface area contributed by atoms with Crippen LogP contribution in [0.2, 0.25) is 0 Å². The number of anilines is 1. The van der Waals surface area contributed by atoms with Gasteiger partial charge in [0.05, 0.1) is 4.47 Å². The van der Waals surface area contributed by atoms with Crippen LogP contribution in [0.1, 0.15) is 31.2 Å². The summed E-state index contributed by atoms with van der Waals surface area (Å²) in [4.78, 5) is 9.66. The van der Waals surface area contributed by atoms with Crippen LogP contribution >= 0.6 is 15.9 Å². The summed E-state index contributed by atoms with van der Waals surface area (Å²) in [6, 6.07) is 2.06. The van der Waals surface area contributed by atoms with E-state index in [4.69, 9.17) is 0 Å². The summed E-state index contributed by atoms with van der Waals surface area (Å²) >= 11 is 3.69. The lowest BCUT2D eigenvalue weighted by Gasteiger charge is -2.35. The van der Waals surface area contributed by atoms with Crippen molar-refractivity contribution < 1.29 is 0 Å². The SMILES string of the molecule is Cc1ccnc(N2CCC(CN3CCCC3)CC2)c1Br. The highest BCUT2D eigenvalue weighted by Gasteiger charge is 2.24. The zero-order valence-electron chi connectivity index (χ0n) is 12.3. The zero-order valence-corrected chi connectivity index (χ0v) is 13.9. The number of piperidine rings is 1. The van der Waals surface area contributed by atoms with Gasteiger partial charge >= 0.3 is 0 Å². The zero-order chi connectivity index (χ0) is 13.9. The van der Waals surface area contributed by atoms with E-state index in [2.05, 4.69) is 43.7 Å². The molecule has 0 aliphatic carbocycles. The Balaban J connectivity index is 1.56. The van der Waals surface area contributed by atoms with E-state index in [1.54, 1.807) is 0 Å². The first-order chi connectivity index (χ1) is 9.74. The Morgan fingerprint density at radius 3 is 2.60 bits per heavy atom. The third-order valence-corrected chi connectivity index (χ3v) is 5.67. The first kappa shape index (κ1) is 14.3. The van der Waals surface area contributed by atoms with E-state index < -0.39 is 0 Å². The molecule has 2 saturated heterocycles. The number of nitrogens with zero attached hydrogens (tertiary/aromatic N) is 3. The molecule has 0 N–H and O–H groups in total. The van der Waals surface area contributed by atoms with Crippen molar-refractivity contribution in [2.75, 3.05) is 37.6 Å². The highest BCUT2D eigenvalue weighted by atomic mass is 79.9. The second-order valence-corrected chi connectivity index (χ2v) is 7.00. The molecule has 1 aromatic heterocycles. The number of likely N-dealkylation sites (tertiary alicyclic amines) is 1. The van der Waals surface area contributed by atoms with Gasteiger partial charge in [-0.15, -0.1) is 0 Å². The number of aryl methyl sites for hydroxylation is 1. The third-order valence-electron chi connectivity index (χ3n) is 4.69. The number of pyridine rings is 1. The molecule has 1 aromatic rings. The lowest BCUT2D eigenvalue weighted by molar-refractivity contribution is 0.249. The molecule has 110 valence electrons. The predicted molar refractivity (Wildman–Crippen MR) is 87.3 cm³/mol. The van der Waals surface area contributed by atoms with Crippen molar-refractivity contribution in [2.45, 2.75) is 32.6 Å². The molecule has 4 heteroatoms. The van der Waals surface area contributed by atoms with Gasteiger partial charge in [-0.3, -0.25) is 0 Å². The van der Waals surface area contributed by atoms with Gasteiger partial charge in [-0.25, -0.2) is 4.98 Å². The van der Waals surface area contributed by atoms with Crippen LogP contribution in [0, 0.1) is 12.8 Å². The van der Waals surface area contributed by atoms with E-state index in [9.17, 15) is 0 Å². The van der Waals surface area contributed by atoms with Crippen LogP contribution in [-0.4, -0.2) is 42.6 Å². The van der Waals surface area contributed by atoms with Gasteiger partial charge in [0.1, 0.15) is 5.82 Å². The maximum absolute atomic E-state index is 4.56. The Labute approximate surface area is 130 Å². The molecule has 0 unspecified atom stereocenters. The van der Waals surface area contributed by atoms with Crippen molar-refractivity contribution in [3.8, 4) is 0 Å². The summed E-state index contributed by atoms with van der Waals surface area (Å²) in [6.07, 6.45) is 7.33. The van der Waals surface area contributed by atoms with E-state index in [0.717, 1.165) is 29.3 Å². The number of aromatic nitrogens is 1. The maximum Gasteiger partial charge on any atom is 0.143 e. The van der Waals surface area contributed by atoms with Crippen LogP contribution in [-0.2, 0) is 0 Å². The summed E-state index contributed by atoms with van der Waals surface area (Å²) in [5, 5.41) is 0. The van der Waals surface area contributed by atoms with Crippen molar-refractivity contribution in [1.29, 1.82) is 0 Å². The molecule has 3 heterocycles. The lowest BCUT2D eigenvalue weighted by atomic mass is 9.96. The normalized spacial score (nSPS) is 21.6. The van der Waals surface area contributed by atoms with Gasteiger partial charge < -0.3 is 9.80 Å². The average Bonchev–Trinajstić information content (AvgIpc) is 2.96. The quantitative estimate of drug-likeness (QED) is 0.841. The number of halogens is 1. The second kappa shape index (κ2) is 6.44. The summed E-state index contributed by atoms with van der Waals surface area (Å²) < 4.78 is 1.16. The van der Waals surface area contributed by atoms with Crippen molar-refractivity contribution in [1.82, 2.24) is 9.88 Å². The van der Waals surface area contributed by atoms with Crippen molar-refractivity contribution in [3.05, 3.63) is 22.3 Å². The number of hydrogen-bond donors (Lipinski definition) is 0. The molecular weight excluding hydrogens is 314 g/mol. The molecule has 0 spiro atoms. The molecule has 0 saturated carbocycles. The van der Waals surface area contributed by atoms with E-state index in [-0.39, 0.29) is 0 Å². The largest absolute Gasteiger partial charge is 0.356 e. The number of hydrogen-bond acceptors (Lipinski definition) is 3. The van der Waals surface area contributed by atoms with E-state index >= 15 is 0 Å². The summed E-state index contributed by atoms with van der Waals surface area (Å²) in [5.41, 5.74) is 1.27. The van der Waals surface area contributed by atoms with E-state index in [0.29, 0.717) is 0 Å². The van der Waals surface area contributed by atoms with Gasteiger partial charge in [0.25, 0.3) is 0 Å². The molecule has 0 bridgehead atoms. The van der Waals surface area contributed by atoms with E-state index in [1.807, 2.05) is 6.20 Å². The molecule has 2 aliphatic rings. The Hall–Kier alpha value is -0.610. The van der Waals surface area contributed by atoms with Crippen molar-refractivity contribution in [2.24, 2.45) is 5.92 Å². The van der Waals surface area contributed by atoms with Gasteiger partial charge in [-0.1, -0.05) is 0 Å². The van der Waals surface area contributed by atoms with Crippen LogP contribution in [0.5, 0.6) is 0 Å². The smallest absolute Gasteiger partial charge is 0.143 e. The minimum absolute atomic E-state index is 0.882. The Morgan fingerprint density at radius 1 is 1.20 bits per heavy atom. The van der Waals surface area contributed by atoms with Crippen LogP contribution in [0.25, 0.3) is 0 Å². The Bertz CT molecular complexity index is 449. The first-order valence-electron chi connectivity index (χ1n) is 7.82. The molecule has 2 aliphatic heterocycles. The van der Waals surface area contributed by atoms with Gasteiger partial charge in [-0.05, 0) is 79.2 Å². The highest BCUT2D eigenvalue weighted by Crippen LogP contribution is 2.30. The number of rotatable bonds is 3. The van der Waals surface area contributed by atoms with E-state index in [1.165, 1.54) is 50.9 Å². The lowest BCUT2D eigenvalue weighted by Crippen LogP contribution is -2.38. The monoisotopic (exact) mass is 337 g/mol. The average molecular weight is 338 g/mol. The highest BCUT2D eigenvalue weighted by molar-refractivity contribution is 9.10. The molecule has 20 heavy (non-hydrogen) atoms. The van der Waals surface area contributed by atoms with Crippen LogP contribution in [0.4, 0.5) is 5.82 Å². The fraction of sp³-hybridized carbons (Fsp3) is 0.688. The molecule has 0 aromatic carbocycles. The molecule has 0 radical (unpaired) electrons. The van der Waals surface area contributed by atoms with Gasteiger partial charge in [0, 0.05) is 25.8 Å². The molecular formula is C16H24BrN3. The summed E-state index contributed by atoms with van der Waals surface area (Å²) in [6.45, 7) is 8.39. The fourth-order valence-corrected chi connectivity index (χ4v) is 3.89. The second-order valence-electron chi connectivity index (χ2n) is 6.20. The molecule has 0 amide bonds. The Kier molecular flexibility index (Phi) is 4.61. The van der Waals surface area contributed by atoms with Crippen molar-refractivity contribution >= 4 is 21.7 Å². The van der Waals surface area contributed by atoms with Crippen LogP contribution in [0.3, 0.4) is 0 Å². The van der Waals surface area contributed by atoms with Gasteiger partial charge in [-0.2, -0.15) is 0 Å². The summed E-state index contributed by atoms with van der Waals surface area (Å²) in [5.74, 6) is 2.01. The predicted octanol–water partition coefficient (Wildman–Crippen LogP) is 3.46. The van der Waals surface area contributed by atoms with Crippen molar-refractivity contribution in [3.63, 3.8) is 0 Å². The standard InChI is InChI=1S/C16H24BrN3/c1-13-4-7-18-16(15(13)17)20-10-5-14(6-11-20)12-19-8-2-3-9-19/h4,7,14H,2-3,5-6,8-12H2,1H3. The third kappa shape index (κ3) is 3.17. The van der Waals surface area contributed by atoms with Crippen LogP contribution < -0.4 is 4.90 Å². The molecule has 3 rings (SSSR count). The minimum Gasteiger partial charge on any atom is -0.356 e. The molecule has 2 fully saturated rings. The van der Waals surface area contributed by atoms with Gasteiger partial charge in [0.2, 0.25) is 0 Å². The fourth-order valence-electron chi connectivity index (χ4n) is 3.40. The van der Waals surface area contributed by atoms with Gasteiger partial charge in [0.15, 0.2) is 0 Å². The molecule has 3 nitrogen and oxygen atoms in total.